The number of nitrogens with two attached hydrogens (primary N) is 1. The summed E-state index contributed by atoms with van der Waals surface area (Å²) in [4.78, 5) is 14.5. The molecule has 0 bridgehead atoms. The Balaban J connectivity index is 2.17. The molecule has 0 aliphatic carbocycles. The van der Waals surface area contributed by atoms with Crippen molar-refractivity contribution in [2.75, 3.05) is 20.1 Å². The average molecular weight is 275 g/mol. The summed E-state index contributed by atoms with van der Waals surface area (Å²) in [5.74, 6) is -0.307. The molecule has 0 aromatic heterocycles. The number of hydrogen-bond donors (Lipinski definition) is 2. The first-order chi connectivity index (χ1) is 9.60. The maximum absolute atomic E-state index is 12.1. The largest absolute Gasteiger partial charge is 0.368 e. The molecule has 3 N–H and O–H groups in total. The standard InChI is InChI=1S/C16H25N3O/c1-13-7-6-11-19(13)12-10-16(18-2,15(17)20)14-8-4-3-5-9-14/h3-5,8-9,13,18H,6-7,10-12H2,1-2H3,(H2,17,20). The molecule has 1 amide bonds. The third-order valence-electron chi connectivity index (χ3n) is 4.58. The van der Waals surface area contributed by atoms with E-state index >= 15 is 0 Å². The molecule has 0 saturated carbocycles. The highest BCUT2D eigenvalue weighted by molar-refractivity contribution is 5.86. The van der Waals surface area contributed by atoms with E-state index in [2.05, 4.69) is 17.1 Å². The SMILES string of the molecule is CNC(CCN1CCCC1C)(C(N)=O)c1ccccc1. The Kier molecular flexibility index (Phi) is 4.78. The van der Waals surface area contributed by atoms with Gasteiger partial charge in [-0.2, -0.15) is 0 Å². The van der Waals surface area contributed by atoms with Crippen LogP contribution >= 0.6 is 0 Å². The lowest BCUT2D eigenvalue weighted by Crippen LogP contribution is -2.53. The zero-order valence-electron chi connectivity index (χ0n) is 12.4. The second-order valence-electron chi connectivity index (χ2n) is 5.66. The van der Waals surface area contributed by atoms with Gasteiger partial charge in [0.25, 0.3) is 0 Å². The van der Waals surface area contributed by atoms with E-state index in [0.717, 1.165) is 18.7 Å². The second-order valence-corrected chi connectivity index (χ2v) is 5.66. The van der Waals surface area contributed by atoms with Crippen LogP contribution < -0.4 is 11.1 Å². The van der Waals surface area contributed by atoms with Crippen molar-refractivity contribution >= 4 is 5.91 Å². The van der Waals surface area contributed by atoms with E-state index in [1.807, 2.05) is 37.4 Å². The van der Waals surface area contributed by atoms with E-state index in [4.69, 9.17) is 5.73 Å². The lowest BCUT2D eigenvalue weighted by molar-refractivity contribution is -0.125. The zero-order chi connectivity index (χ0) is 14.6. The second kappa shape index (κ2) is 6.37. The van der Waals surface area contributed by atoms with Crippen LogP contribution in [0.15, 0.2) is 30.3 Å². The number of rotatable bonds is 6. The van der Waals surface area contributed by atoms with Gasteiger partial charge >= 0.3 is 0 Å². The van der Waals surface area contributed by atoms with Gasteiger partial charge in [0.1, 0.15) is 5.54 Å². The van der Waals surface area contributed by atoms with Gasteiger partial charge in [-0.15, -0.1) is 0 Å². The summed E-state index contributed by atoms with van der Waals surface area (Å²) in [6.45, 7) is 4.26. The fourth-order valence-electron chi connectivity index (χ4n) is 3.16. The number of benzene rings is 1. The van der Waals surface area contributed by atoms with Gasteiger partial charge in [-0.1, -0.05) is 30.3 Å². The molecule has 4 nitrogen and oxygen atoms in total. The first-order valence-electron chi connectivity index (χ1n) is 7.38. The maximum Gasteiger partial charge on any atom is 0.242 e. The predicted molar refractivity (Wildman–Crippen MR) is 81.3 cm³/mol. The minimum atomic E-state index is -0.774. The highest BCUT2D eigenvalue weighted by Gasteiger charge is 2.37. The van der Waals surface area contributed by atoms with E-state index in [0.29, 0.717) is 12.5 Å². The van der Waals surface area contributed by atoms with Crippen molar-refractivity contribution in [3.63, 3.8) is 0 Å². The average Bonchev–Trinajstić information content (AvgIpc) is 2.86. The lowest BCUT2D eigenvalue weighted by atomic mass is 9.85. The minimum Gasteiger partial charge on any atom is -0.368 e. The molecule has 2 rings (SSSR count). The molecule has 0 radical (unpaired) electrons. The van der Waals surface area contributed by atoms with E-state index in [-0.39, 0.29) is 5.91 Å². The number of amides is 1. The highest BCUT2D eigenvalue weighted by atomic mass is 16.1. The Morgan fingerprint density at radius 1 is 1.45 bits per heavy atom. The summed E-state index contributed by atoms with van der Waals surface area (Å²) in [6, 6.07) is 10.4. The Morgan fingerprint density at radius 2 is 2.15 bits per heavy atom. The van der Waals surface area contributed by atoms with Gasteiger partial charge in [0, 0.05) is 12.6 Å². The van der Waals surface area contributed by atoms with Crippen LogP contribution in [0.3, 0.4) is 0 Å². The fraction of sp³-hybridized carbons (Fsp3) is 0.562. The van der Waals surface area contributed by atoms with Crippen LogP contribution in [0.1, 0.15) is 31.7 Å². The van der Waals surface area contributed by atoms with Crippen LogP contribution in [0.25, 0.3) is 0 Å². The molecule has 1 aliphatic heterocycles. The van der Waals surface area contributed by atoms with Gasteiger partial charge in [-0.05, 0) is 45.3 Å². The summed E-state index contributed by atoms with van der Waals surface area (Å²) in [7, 11) is 1.81. The van der Waals surface area contributed by atoms with Gasteiger partial charge in [0.15, 0.2) is 0 Å². The summed E-state index contributed by atoms with van der Waals surface area (Å²) in [5.41, 5.74) is 5.89. The van der Waals surface area contributed by atoms with Gasteiger partial charge < -0.3 is 16.0 Å². The smallest absolute Gasteiger partial charge is 0.242 e. The molecule has 1 saturated heterocycles. The molecule has 1 aromatic rings. The monoisotopic (exact) mass is 275 g/mol. The van der Waals surface area contributed by atoms with Gasteiger partial charge in [0.2, 0.25) is 5.91 Å². The Morgan fingerprint density at radius 3 is 2.65 bits per heavy atom. The lowest BCUT2D eigenvalue weighted by Gasteiger charge is -2.33. The van der Waals surface area contributed by atoms with Crippen molar-refractivity contribution in [2.45, 2.75) is 37.8 Å². The number of hydrogen-bond acceptors (Lipinski definition) is 3. The normalized spacial score (nSPS) is 22.6. The van der Waals surface area contributed by atoms with Gasteiger partial charge in [0.05, 0.1) is 0 Å². The number of nitrogens with one attached hydrogen (secondary N) is 1. The number of carbonyl (C=O) groups excluding carboxylic acids is 1. The van der Waals surface area contributed by atoms with Crippen LogP contribution in [-0.2, 0) is 10.3 Å². The summed E-state index contributed by atoms with van der Waals surface area (Å²) < 4.78 is 0. The van der Waals surface area contributed by atoms with Gasteiger partial charge in [-0.3, -0.25) is 4.79 Å². The Bertz CT molecular complexity index is 448. The molecular formula is C16H25N3O. The molecule has 1 heterocycles. The number of carbonyl (C=O) groups is 1. The summed E-state index contributed by atoms with van der Waals surface area (Å²) >= 11 is 0. The minimum absolute atomic E-state index is 0.307. The van der Waals surface area contributed by atoms with Crippen molar-refractivity contribution in [1.82, 2.24) is 10.2 Å². The van der Waals surface area contributed by atoms with Crippen LogP contribution in [0.4, 0.5) is 0 Å². The molecule has 0 spiro atoms. The molecule has 110 valence electrons. The molecule has 1 aromatic carbocycles. The number of nitrogens with zero attached hydrogens (tertiary/aromatic N) is 1. The van der Waals surface area contributed by atoms with E-state index in [1.54, 1.807) is 0 Å². The number of likely N-dealkylation sites (tertiary alicyclic amines) is 1. The van der Waals surface area contributed by atoms with Crippen molar-refractivity contribution in [3.8, 4) is 0 Å². The molecule has 2 unspecified atom stereocenters. The van der Waals surface area contributed by atoms with Crippen molar-refractivity contribution < 1.29 is 4.79 Å². The Labute approximate surface area is 121 Å². The Hall–Kier alpha value is -1.39. The van der Waals surface area contributed by atoms with Crippen molar-refractivity contribution in [3.05, 3.63) is 35.9 Å². The van der Waals surface area contributed by atoms with E-state index in [1.165, 1.54) is 12.8 Å². The zero-order valence-corrected chi connectivity index (χ0v) is 12.4. The highest BCUT2D eigenvalue weighted by Crippen LogP contribution is 2.27. The van der Waals surface area contributed by atoms with Crippen molar-refractivity contribution in [2.24, 2.45) is 5.73 Å². The van der Waals surface area contributed by atoms with Crippen LogP contribution in [0.2, 0.25) is 0 Å². The summed E-state index contributed by atoms with van der Waals surface area (Å²) in [6.07, 6.45) is 3.19. The molecule has 1 aliphatic rings. The maximum atomic E-state index is 12.1. The third-order valence-corrected chi connectivity index (χ3v) is 4.58. The molecule has 4 heteroatoms. The fourth-order valence-corrected chi connectivity index (χ4v) is 3.16. The number of primary amides is 1. The first kappa shape index (κ1) is 15.0. The molecular weight excluding hydrogens is 250 g/mol. The first-order valence-corrected chi connectivity index (χ1v) is 7.38. The van der Waals surface area contributed by atoms with Crippen LogP contribution in [-0.4, -0.2) is 37.0 Å². The van der Waals surface area contributed by atoms with Crippen LogP contribution in [0, 0.1) is 0 Å². The molecule has 2 atom stereocenters. The quantitative estimate of drug-likeness (QED) is 0.826. The predicted octanol–water partition coefficient (Wildman–Crippen LogP) is 1.46. The van der Waals surface area contributed by atoms with Gasteiger partial charge in [-0.25, -0.2) is 0 Å². The topological polar surface area (TPSA) is 58.4 Å². The summed E-state index contributed by atoms with van der Waals surface area (Å²) in [5, 5.41) is 3.17. The molecule has 1 fully saturated rings. The van der Waals surface area contributed by atoms with E-state index < -0.39 is 5.54 Å². The third kappa shape index (κ3) is 2.86. The van der Waals surface area contributed by atoms with Crippen molar-refractivity contribution in [1.29, 1.82) is 0 Å². The molecule has 20 heavy (non-hydrogen) atoms. The van der Waals surface area contributed by atoms with E-state index in [9.17, 15) is 4.79 Å². The van der Waals surface area contributed by atoms with Crippen LogP contribution in [0.5, 0.6) is 0 Å². The number of likely N-dealkylation sites (N-methyl/N-ethyl adjacent to an activating group) is 1.